The van der Waals surface area contributed by atoms with E-state index in [2.05, 4.69) is 31.2 Å². The zero-order valence-corrected chi connectivity index (χ0v) is 10.1. The van der Waals surface area contributed by atoms with Crippen LogP contribution >= 0.6 is 0 Å². The minimum Gasteiger partial charge on any atom is -0.320 e. The summed E-state index contributed by atoms with van der Waals surface area (Å²) in [5.74, 6) is 1.92. The Hall–Kier alpha value is -0.0800. The van der Waals surface area contributed by atoms with E-state index in [0.717, 1.165) is 11.8 Å². The Morgan fingerprint density at radius 1 is 1.50 bits per heavy atom. The molecule has 1 fully saturated rings. The Kier molecular flexibility index (Phi) is 5.49. The van der Waals surface area contributed by atoms with Crippen LogP contribution in [0, 0.1) is 11.8 Å². The highest BCUT2D eigenvalue weighted by Gasteiger charge is 2.21. The molecule has 14 heavy (non-hydrogen) atoms. The lowest BCUT2D eigenvalue weighted by atomic mass is 9.89. The molecule has 0 aromatic carbocycles. The van der Waals surface area contributed by atoms with Gasteiger partial charge in [-0.25, -0.2) is 0 Å². The van der Waals surface area contributed by atoms with Crippen LogP contribution in [-0.2, 0) is 0 Å². The van der Waals surface area contributed by atoms with Gasteiger partial charge < -0.3 is 10.2 Å². The zero-order chi connectivity index (χ0) is 10.4. The van der Waals surface area contributed by atoms with Gasteiger partial charge in [-0.05, 0) is 58.3 Å². The van der Waals surface area contributed by atoms with E-state index in [-0.39, 0.29) is 0 Å². The summed E-state index contributed by atoms with van der Waals surface area (Å²) in [5, 5.41) is 3.26. The topological polar surface area (TPSA) is 15.3 Å². The van der Waals surface area contributed by atoms with Gasteiger partial charge in [0, 0.05) is 6.54 Å². The molecule has 1 saturated heterocycles. The lowest BCUT2D eigenvalue weighted by molar-refractivity contribution is 0.329. The van der Waals surface area contributed by atoms with Gasteiger partial charge in [0.05, 0.1) is 0 Å². The van der Waals surface area contributed by atoms with E-state index < -0.39 is 0 Å². The van der Waals surface area contributed by atoms with Crippen molar-refractivity contribution in [2.75, 3.05) is 33.7 Å². The first-order valence-corrected chi connectivity index (χ1v) is 6.09. The maximum atomic E-state index is 3.26. The molecular formula is C12H26N2. The van der Waals surface area contributed by atoms with Gasteiger partial charge in [-0.3, -0.25) is 0 Å². The third-order valence-electron chi connectivity index (χ3n) is 3.54. The van der Waals surface area contributed by atoms with Gasteiger partial charge in [0.2, 0.25) is 0 Å². The molecule has 84 valence electrons. The molecule has 0 aromatic heterocycles. The molecule has 1 N–H and O–H groups in total. The van der Waals surface area contributed by atoms with Crippen LogP contribution in [0.3, 0.4) is 0 Å². The monoisotopic (exact) mass is 198 g/mol. The van der Waals surface area contributed by atoms with Crippen molar-refractivity contribution in [2.24, 2.45) is 11.8 Å². The van der Waals surface area contributed by atoms with Crippen LogP contribution < -0.4 is 5.32 Å². The van der Waals surface area contributed by atoms with Crippen LogP contribution in [0.15, 0.2) is 0 Å². The van der Waals surface area contributed by atoms with Crippen LogP contribution in [-0.4, -0.2) is 38.6 Å². The van der Waals surface area contributed by atoms with Gasteiger partial charge in [0.1, 0.15) is 0 Å². The van der Waals surface area contributed by atoms with Crippen molar-refractivity contribution in [2.45, 2.75) is 32.6 Å². The quantitative estimate of drug-likeness (QED) is 0.702. The number of hydrogen-bond donors (Lipinski definition) is 1. The fourth-order valence-electron chi connectivity index (χ4n) is 2.53. The molecule has 2 nitrogen and oxygen atoms in total. The van der Waals surface area contributed by atoms with Gasteiger partial charge in [-0.2, -0.15) is 0 Å². The second-order valence-electron chi connectivity index (χ2n) is 4.82. The van der Waals surface area contributed by atoms with Gasteiger partial charge in [0.25, 0.3) is 0 Å². The largest absolute Gasteiger partial charge is 0.320 e. The van der Waals surface area contributed by atoms with E-state index in [1.165, 1.54) is 45.3 Å². The molecule has 1 rings (SSSR count). The molecule has 1 heterocycles. The predicted octanol–water partition coefficient (Wildman–Crippen LogP) is 1.96. The fraction of sp³-hybridized carbons (Fsp3) is 1.00. The molecule has 0 spiro atoms. The van der Waals surface area contributed by atoms with Crippen LogP contribution in [0.25, 0.3) is 0 Å². The second kappa shape index (κ2) is 6.41. The van der Waals surface area contributed by atoms with Crippen molar-refractivity contribution >= 4 is 0 Å². The first-order chi connectivity index (χ1) is 6.76. The Balaban J connectivity index is 2.19. The number of hydrogen-bond acceptors (Lipinski definition) is 2. The van der Waals surface area contributed by atoms with Gasteiger partial charge >= 0.3 is 0 Å². The number of nitrogens with one attached hydrogen (secondary N) is 1. The van der Waals surface area contributed by atoms with Gasteiger partial charge in [-0.15, -0.1) is 0 Å². The molecular weight excluding hydrogens is 172 g/mol. The predicted molar refractivity (Wildman–Crippen MR) is 62.5 cm³/mol. The summed E-state index contributed by atoms with van der Waals surface area (Å²) in [6.07, 6.45) is 5.57. The highest BCUT2D eigenvalue weighted by Crippen LogP contribution is 2.25. The lowest BCUT2D eigenvalue weighted by Gasteiger charge is -2.19. The normalized spacial score (nSPS) is 25.5. The smallest absolute Gasteiger partial charge is 0.000719 e. The highest BCUT2D eigenvalue weighted by atomic mass is 15.1. The second-order valence-corrected chi connectivity index (χ2v) is 4.82. The Bertz CT molecular complexity index is 147. The molecule has 2 heteroatoms. The van der Waals surface area contributed by atoms with Crippen LogP contribution in [0.5, 0.6) is 0 Å². The summed E-state index contributed by atoms with van der Waals surface area (Å²) >= 11 is 0. The van der Waals surface area contributed by atoms with Crippen LogP contribution in [0.2, 0.25) is 0 Å². The Morgan fingerprint density at radius 3 is 2.79 bits per heavy atom. The van der Waals surface area contributed by atoms with E-state index >= 15 is 0 Å². The van der Waals surface area contributed by atoms with Crippen molar-refractivity contribution < 1.29 is 0 Å². The fourth-order valence-corrected chi connectivity index (χ4v) is 2.53. The van der Waals surface area contributed by atoms with E-state index in [1.807, 2.05) is 0 Å². The van der Waals surface area contributed by atoms with Gasteiger partial charge in [-0.1, -0.05) is 13.3 Å². The molecule has 0 bridgehead atoms. The summed E-state index contributed by atoms with van der Waals surface area (Å²) in [7, 11) is 4.30. The third-order valence-corrected chi connectivity index (χ3v) is 3.54. The van der Waals surface area contributed by atoms with Crippen molar-refractivity contribution in [1.29, 1.82) is 0 Å². The third kappa shape index (κ3) is 3.97. The molecule has 0 aliphatic carbocycles. The maximum absolute atomic E-state index is 3.26. The number of rotatable bonds is 6. The molecule has 0 amide bonds. The Morgan fingerprint density at radius 2 is 2.29 bits per heavy atom. The standard InChI is InChI=1S/C12H26N2/c1-4-11(5-7-13-2)9-12-6-8-14(3)10-12/h11-13H,4-10H2,1-3H3. The minimum atomic E-state index is 0.943. The number of likely N-dealkylation sites (tertiary alicyclic amines) is 1. The SMILES string of the molecule is CCC(CCNC)CC1CCN(C)C1. The minimum absolute atomic E-state index is 0.943. The van der Waals surface area contributed by atoms with Crippen LogP contribution in [0.1, 0.15) is 32.6 Å². The Labute approximate surface area is 89.1 Å². The van der Waals surface area contributed by atoms with E-state index in [4.69, 9.17) is 0 Å². The molecule has 2 atom stereocenters. The van der Waals surface area contributed by atoms with Crippen molar-refractivity contribution in [1.82, 2.24) is 10.2 Å². The summed E-state index contributed by atoms with van der Waals surface area (Å²) in [6, 6.07) is 0. The molecule has 1 aliphatic heterocycles. The van der Waals surface area contributed by atoms with E-state index in [0.29, 0.717) is 0 Å². The maximum Gasteiger partial charge on any atom is 0.000719 e. The average molecular weight is 198 g/mol. The highest BCUT2D eigenvalue weighted by molar-refractivity contribution is 4.75. The van der Waals surface area contributed by atoms with E-state index in [1.54, 1.807) is 0 Å². The van der Waals surface area contributed by atoms with Gasteiger partial charge in [0.15, 0.2) is 0 Å². The first-order valence-electron chi connectivity index (χ1n) is 6.09. The molecule has 0 saturated carbocycles. The van der Waals surface area contributed by atoms with Crippen molar-refractivity contribution in [3.63, 3.8) is 0 Å². The summed E-state index contributed by atoms with van der Waals surface area (Å²) in [6.45, 7) is 6.16. The van der Waals surface area contributed by atoms with Crippen molar-refractivity contribution in [3.8, 4) is 0 Å². The molecule has 1 aliphatic rings. The van der Waals surface area contributed by atoms with Crippen molar-refractivity contribution in [3.05, 3.63) is 0 Å². The summed E-state index contributed by atoms with van der Waals surface area (Å²) in [4.78, 5) is 2.47. The number of nitrogens with zero attached hydrogens (tertiary/aromatic N) is 1. The first kappa shape index (κ1) is 12.0. The lowest BCUT2D eigenvalue weighted by Crippen LogP contribution is -2.18. The molecule has 2 unspecified atom stereocenters. The molecule has 0 aromatic rings. The summed E-state index contributed by atoms with van der Waals surface area (Å²) in [5.41, 5.74) is 0. The average Bonchev–Trinajstić information content (AvgIpc) is 2.58. The summed E-state index contributed by atoms with van der Waals surface area (Å²) < 4.78 is 0. The van der Waals surface area contributed by atoms with E-state index in [9.17, 15) is 0 Å². The zero-order valence-electron chi connectivity index (χ0n) is 10.1. The molecule has 0 radical (unpaired) electrons. The van der Waals surface area contributed by atoms with Crippen LogP contribution in [0.4, 0.5) is 0 Å².